The highest BCUT2D eigenvalue weighted by molar-refractivity contribution is 6.09. The number of carbonyl (C=O) groups is 1. The Labute approximate surface area is 184 Å². The summed E-state index contributed by atoms with van der Waals surface area (Å²) < 4.78 is 9.77. The maximum atomic E-state index is 13.1. The first-order chi connectivity index (χ1) is 15.7. The van der Waals surface area contributed by atoms with Gasteiger partial charge in [-0.2, -0.15) is 10.2 Å². The number of fused-ring (bicyclic) bond motifs is 2. The standard InChI is InChI=1S/C23H25N7O2/c31-23(18-12-26-29-9-1-6-25-22(18)29)27-20-10-16-13-30(17-4-7-24-8-5-17)28-19(16)11-21(20)32-14-15-2-3-15/h1,6,9-13,15,17,24H,2-5,7-8,14H2,(H,27,31). The van der Waals surface area contributed by atoms with Gasteiger partial charge in [-0.15, -0.1) is 0 Å². The molecule has 1 saturated heterocycles. The SMILES string of the molecule is O=C(Nc1cc2cn(C3CCNCC3)nc2cc1OCC1CC1)c1cnn2cccnc12. The monoisotopic (exact) mass is 431 g/mol. The van der Waals surface area contributed by atoms with Crippen molar-refractivity contribution in [2.24, 2.45) is 5.92 Å². The molecule has 1 aliphatic heterocycles. The number of amides is 1. The highest BCUT2D eigenvalue weighted by atomic mass is 16.5. The van der Waals surface area contributed by atoms with Gasteiger partial charge in [0.05, 0.1) is 30.0 Å². The maximum Gasteiger partial charge on any atom is 0.261 e. The van der Waals surface area contributed by atoms with Crippen molar-refractivity contribution in [3.63, 3.8) is 0 Å². The fourth-order valence-corrected chi connectivity index (χ4v) is 4.22. The van der Waals surface area contributed by atoms with Crippen LogP contribution in [0.2, 0.25) is 0 Å². The first-order valence-electron chi connectivity index (χ1n) is 11.2. The van der Waals surface area contributed by atoms with E-state index in [-0.39, 0.29) is 5.91 Å². The Balaban J connectivity index is 1.33. The van der Waals surface area contributed by atoms with Gasteiger partial charge in [0, 0.05) is 30.0 Å². The van der Waals surface area contributed by atoms with E-state index in [0.29, 0.717) is 41.2 Å². The summed E-state index contributed by atoms with van der Waals surface area (Å²) in [6.07, 6.45) is 11.5. The molecule has 32 heavy (non-hydrogen) atoms. The summed E-state index contributed by atoms with van der Waals surface area (Å²) >= 11 is 0. The number of benzene rings is 1. The molecule has 0 radical (unpaired) electrons. The van der Waals surface area contributed by atoms with Gasteiger partial charge in [0.15, 0.2) is 5.65 Å². The van der Waals surface area contributed by atoms with Crippen molar-refractivity contribution in [3.8, 4) is 5.75 Å². The van der Waals surface area contributed by atoms with Crippen LogP contribution in [-0.4, -0.2) is 50.0 Å². The second kappa shape index (κ2) is 7.90. The summed E-state index contributed by atoms with van der Waals surface area (Å²) in [6.45, 7) is 2.67. The zero-order chi connectivity index (χ0) is 21.5. The lowest BCUT2D eigenvalue weighted by molar-refractivity contribution is 0.102. The molecule has 0 spiro atoms. The summed E-state index contributed by atoms with van der Waals surface area (Å²) in [5.41, 5.74) is 2.46. The topological polar surface area (TPSA) is 98.4 Å². The fraction of sp³-hybridized carbons (Fsp3) is 0.391. The molecule has 4 heterocycles. The van der Waals surface area contributed by atoms with Crippen LogP contribution in [0.1, 0.15) is 42.1 Å². The van der Waals surface area contributed by atoms with Crippen molar-refractivity contribution in [1.82, 2.24) is 29.7 Å². The average Bonchev–Trinajstić information content (AvgIpc) is 3.40. The minimum atomic E-state index is -0.264. The van der Waals surface area contributed by atoms with E-state index in [1.165, 1.54) is 19.0 Å². The lowest BCUT2D eigenvalue weighted by atomic mass is 10.1. The smallest absolute Gasteiger partial charge is 0.261 e. The van der Waals surface area contributed by atoms with Crippen molar-refractivity contribution in [2.45, 2.75) is 31.7 Å². The molecule has 1 aromatic carbocycles. The summed E-state index contributed by atoms with van der Waals surface area (Å²) in [5.74, 6) is 0.989. The molecule has 0 unspecified atom stereocenters. The Morgan fingerprint density at radius 1 is 1.22 bits per heavy atom. The van der Waals surface area contributed by atoms with E-state index in [2.05, 4.69) is 31.6 Å². The zero-order valence-electron chi connectivity index (χ0n) is 17.7. The van der Waals surface area contributed by atoms with Crippen LogP contribution in [0.4, 0.5) is 5.69 Å². The number of hydrogen-bond donors (Lipinski definition) is 2. The Morgan fingerprint density at radius 2 is 2.09 bits per heavy atom. The number of anilines is 1. The van der Waals surface area contributed by atoms with E-state index in [9.17, 15) is 4.79 Å². The van der Waals surface area contributed by atoms with E-state index < -0.39 is 0 Å². The second-order valence-electron chi connectivity index (χ2n) is 8.65. The van der Waals surface area contributed by atoms with E-state index in [1.807, 2.05) is 12.1 Å². The van der Waals surface area contributed by atoms with E-state index >= 15 is 0 Å². The molecule has 0 atom stereocenters. The van der Waals surface area contributed by atoms with Gasteiger partial charge in [0.25, 0.3) is 5.91 Å². The largest absolute Gasteiger partial charge is 0.491 e. The summed E-state index contributed by atoms with van der Waals surface area (Å²) in [6, 6.07) is 6.07. The molecule has 9 nitrogen and oxygen atoms in total. The average molecular weight is 432 g/mol. The third kappa shape index (κ3) is 3.69. The Bertz CT molecular complexity index is 1280. The molecule has 2 aliphatic rings. The van der Waals surface area contributed by atoms with Crippen LogP contribution in [0.5, 0.6) is 5.75 Å². The van der Waals surface area contributed by atoms with Crippen molar-refractivity contribution in [2.75, 3.05) is 25.0 Å². The van der Waals surface area contributed by atoms with Crippen molar-refractivity contribution in [1.29, 1.82) is 0 Å². The molecule has 0 bridgehead atoms. The minimum absolute atomic E-state index is 0.264. The van der Waals surface area contributed by atoms with Crippen LogP contribution in [0.3, 0.4) is 0 Å². The van der Waals surface area contributed by atoms with Gasteiger partial charge in [-0.25, -0.2) is 9.50 Å². The van der Waals surface area contributed by atoms with E-state index in [1.54, 1.807) is 23.0 Å². The summed E-state index contributed by atoms with van der Waals surface area (Å²) in [5, 5.41) is 16.4. The first-order valence-corrected chi connectivity index (χ1v) is 11.2. The van der Waals surface area contributed by atoms with Crippen LogP contribution in [0, 0.1) is 5.92 Å². The van der Waals surface area contributed by atoms with E-state index in [0.717, 1.165) is 36.8 Å². The van der Waals surface area contributed by atoms with Crippen molar-refractivity contribution >= 4 is 28.1 Å². The van der Waals surface area contributed by atoms with Gasteiger partial charge in [-0.3, -0.25) is 9.48 Å². The van der Waals surface area contributed by atoms with Gasteiger partial charge in [-0.1, -0.05) is 0 Å². The summed E-state index contributed by atoms with van der Waals surface area (Å²) in [4.78, 5) is 17.4. The van der Waals surface area contributed by atoms with Gasteiger partial charge < -0.3 is 15.4 Å². The molecule has 1 aliphatic carbocycles. The van der Waals surface area contributed by atoms with Crippen molar-refractivity contribution in [3.05, 3.63) is 48.5 Å². The predicted octanol–water partition coefficient (Wildman–Crippen LogP) is 3.04. The number of rotatable bonds is 6. The summed E-state index contributed by atoms with van der Waals surface area (Å²) in [7, 11) is 0. The van der Waals surface area contributed by atoms with E-state index in [4.69, 9.17) is 9.84 Å². The second-order valence-corrected chi connectivity index (χ2v) is 8.65. The van der Waals surface area contributed by atoms with Gasteiger partial charge in [0.2, 0.25) is 0 Å². The van der Waals surface area contributed by atoms with Crippen LogP contribution in [-0.2, 0) is 0 Å². The number of nitrogens with zero attached hydrogens (tertiary/aromatic N) is 5. The van der Waals surface area contributed by atoms with Crippen LogP contribution in [0.25, 0.3) is 16.6 Å². The molecule has 164 valence electrons. The highest BCUT2D eigenvalue weighted by Crippen LogP contribution is 2.35. The number of carbonyl (C=O) groups excluding carboxylic acids is 1. The number of hydrogen-bond acceptors (Lipinski definition) is 6. The highest BCUT2D eigenvalue weighted by Gasteiger charge is 2.24. The van der Waals surface area contributed by atoms with Gasteiger partial charge in [0.1, 0.15) is 11.3 Å². The van der Waals surface area contributed by atoms with Crippen LogP contribution in [0.15, 0.2) is 43.0 Å². The molecular formula is C23H25N7O2. The molecular weight excluding hydrogens is 406 g/mol. The number of piperidine rings is 1. The first kappa shape index (κ1) is 19.2. The maximum absolute atomic E-state index is 13.1. The molecule has 1 amide bonds. The molecule has 4 aromatic rings. The fourth-order valence-electron chi connectivity index (χ4n) is 4.22. The third-order valence-electron chi connectivity index (χ3n) is 6.25. The van der Waals surface area contributed by atoms with Gasteiger partial charge >= 0.3 is 0 Å². The lowest BCUT2D eigenvalue weighted by Crippen LogP contribution is -2.29. The Morgan fingerprint density at radius 3 is 2.94 bits per heavy atom. The number of aromatic nitrogens is 5. The quantitative estimate of drug-likeness (QED) is 0.487. The number of ether oxygens (including phenoxy) is 1. The molecule has 3 aromatic heterocycles. The Hall–Kier alpha value is -3.46. The number of nitrogens with one attached hydrogen (secondary N) is 2. The molecule has 1 saturated carbocycles. The zero-order valence-corrected chi connectivity index (χ0v) is 17.7. The molecule has 2 N–H and O–H groups in total. The van der Waals surface area contributed by atoms with Crippen LogP contribution < -0.4 is 15.4 Å². The lowest BCUT2D eigenvalue weighted by Gasteiger charge is -2.22. The minimum Gasteiger partial charge on any atom is -0.491 e. The Kier molecular flexibility index (Phi) is 4.75. The third-order valence-corrected chi connectivity index (χ3v) is 6.25. The molecule has 9 heteroatoms. The predicted molar refractivity (Wildman–Crippen MR) is 120 cm³/mol. The van der Waals surface area contributed by atoms with Crippen molar-refractivity contribution < 1.29 is 9.53 Å². The molecule has 6 rings (SSSR count). The van der Waals surface area contributed by atoms with Gasteiger partial charge in [-0.05, 0) is 56.8 Å². The van der Waals surface area contributed by atoms with Crippen LogP contribution >= 0.6 is 0 Å². The normalized spacial score (nSPS) is 17.1. The molecule has 2 fully saturated rings.